The largest absolute Gasteiger partial charge is 0.467 e. The summed E-state index contributed by atoms with van der Waals surface area (Å²) in [4.78, 5) is 96.0. The monoisotopic (exact) mass is 965 g/mol. The molecule has 1 heterocycles. The zero-order valence-corrected chi connectivity index (χ0v) is 40.1. The van der Waals surface area contributed by atoms with Crippen LogP contribution in [0.1, 0.15) is 57.7 Å². The first-order valence-electron chi connectivity index (χ1n) is 22.2. The molecule has 1 aliphatic rings. The molecule has 6 amide bonds. The van der Waals surface area contributed by atoms with Crippen LogP contribution in [0.5, 0.6) is 0 Å². The lowest BCUT2D eigenvalue weighted by molar-refractivity contribution is -0.150. The van der Waals surface area contributed by atoms with Gasteiger partial charge in [-0.15, -0.1) is 0 Å². The molecule has 68 heavy (non-hydrogen) atoms. The van der Waals surface area contributed by atoms with Crippen LogP contribution in [0.25, 0.3) is 0 Å². The third kappa shape index (κ3) is 19.1. The second-order valence-corrected chi connectivity index (χ2v) is 19.1. The number of benzene rings is 3. The number of hydrogen-bond donors (Lipinski definition) is 4. The Morgan fingerprint density at radius 2 is 1.25 bits per heavy atom. The number of methoxy groups -OCH3 is 1. The van der Waals surface area contributed by atoms with E-state index in [4.69, 9.17) is 14.2 Å². The van der Waals surface area contributed by atoms with E-state index in [1.807, 2.05) is 0 Å². The molecule has 0 spiro atoms. The van der Waals surface area contributed by atoms with Gasteiger partial charge in [-0.25, -0.2) is 14.4 Å². The molecule has 20 heteroatoms. The molecule has 0 radical (unpaired) electrons. The van der Waals surface area contributed by atoms with Crippen LogP contribution in [0.15, 0.2) is 91.0 Å². The summed E-state index contributed by atoms with van der Waals surface area (Å²) in [6.45, 7) is 8.50. The smallest absolute Gasteiger partial charge is 0.408 e. The second-order valence-electron chi connectivity index (χ2n) is 17.5. The molecule has 4 N–H and O–H groups in total. The van der Waals surface area contributed by atoms with Crippen molar-refractivity contribution in [3.63, 3.8) is 0 Å². The zero-order chi connectivity index (χ0) is 49.9. The van der Waals surface area contributed by atoms with Crippen LogP contribution in [0.4, 0.5) is 9.59 Å². The number of rotatable bonds is 22. The first-order valence-corrected chi connectivity index (χ1v) is 23.8. The number of carbonyl (C=O) groups is 7. The Morgan fingerprint density at radius 1 is 0.706 bits per heavy atom. The number of alkyl carbamates (subject to hydrolysis) is 1. The van der Waals surface area contributed by atoms with E-state index in [0.717, 1.165) is 7.11 Å². The Kier molecular flexibility index (Phi) is 20.9. The van der Waals surface area contributed by atoms with Gasteiger partial charge >= 0.3 is 24.1 Å². The van der Waals surface area contributed by atoms with Crippen molar-refractivity contribution in [3.8, 4) is 0 Å². The molecule has 3 aromatic carbocycles. The Labute approximate surface area is 397 Å². The highest BCUT2D eigenvalue weighted by Gasteiger charge is 2.37. The third-order valence-corrected chi connectivity index (χ3v) is 11.6. The number of morpholine rings is 1. The summed E-state index contributed by atoms with van der Waals surface area (Å²) in [6.07, 6.45) is -2.62. The lowest BCUT2D eigenvalue weighted by Gasteiger charge is -2.32. The van der Waals surface area contributed by atoms with Gasteiger partial charge in [0.2, 0.25) is 11.8 Å². The molecule has 0 bridgehead atoms. The third-order valence-electron chi connectivity index (χ3n) is 10.5. The summed E-state index contributed by atoms with van der Waals surface area (Å²) >= 11 is 0. The Morgan fingerprint density at radius 3 is 1.78 bits per heavy atom. The summed E-state index contributed by atoms with van der Waals surface area (Å²) in [7, 11) is -3.68. The van der Waals surface area contributed by atoms with Gasteiger partial charge in [-0.1, -0.05) is 105 Å². The quantitative estimate of drug-likeness (QED) is 0.0642. The van der Waals surface area contributed by atoms with Gasteiger partial charge in [0, 0.05) is 25.4 Å². The number of urea groups is 1. The fraction of sp³-hybridized carbons (Fsp3) is 0.479. The fourth-order valence-corrected chi connectivity index (χ4v) is 7.83. The Balaban J connectivity index is 1.70. The number of esters is 2. The predicted octanol–water partition coefficient (Wildman–Crippen LogP) is 3.24. The molecule has 0 aromatic heterocycles. The molecule has 3 aromatic rings. The van der Waals surface area contributed by atoms with Crippen LogP contribution in [-0.2, 0) is 76.5 Å². The molecule has 1 aliphatic heterocycles. The molecule has 4 rings (SSSR count). The van der Waals surface area contributed by atoms with Crippen LogP contribution in [0.2, 0.25) is 0 Å². The normalized spacial score (nSPS) is 15.1. The zero-order valence-electron chi connectivity index (χ0n) is 39.3. The standard InChI is InChI=1S/C48H63N5O14S/c1-32(2)42(45(58)49-38(28-35-20-14-9-15-21-35)44(57)52-46(59)53-22-24-64-25-23-53)51-43(56)36(26-33-16-10-7-11-17-33)29-39(66-41(55)31-68(61,62)65-30-40(54)63-6)37(27-34-18-12-8-13-19-34)50-47(60)67-48(3,4)5/h7-21,32,36-39,42H,22-31H2,1-6H3,(H,49,58)(H,50,60)(H,51,56)(H,52,57,59). The molecule has 5 unspecified atom stereocenters. The molecular formula is C48H63N5O14S. The highest BCUT2D eigenvalue weighted by atomic mass is 32.2. The number of carbonyl (C=O) groups excluding carboxylic acids is 7. The van der Waals surface area contributed by atoms with Gasteiger partial charge in [0.05, 0.1) is 26.4 Å². The summed E-state index contributed by atoms with van der Waals surface area (Å²) in [5.74, 6) is -7.53. The topological polar surface area (TPSA) is 251 Å². The van der Waals surface area contributed by atoms with Gasteiger partial charge in [-0.2, -0.15) is 8.42 Å². The van der Waals surface area contributed by atoms with E-state index >= 15 is 0 Å². The van der Waals surface area contributed by atoms with Gasteiger partial charge in [0.25, 0.3) is 16.0 Å². The van der Waals surface area contributed by atoms with E-state index in [2.05, 4.69) is 30.2 Å². The molecule has 370 valence electrons. The SMILES string of the molecule is COC(=O)COS(=O)(=O)CC(=O)OC(CC(Cc1ccccc1)C(=O)NC(C(=O)NC(Cc1ccccc1)C(=O)NC(=O)N1CCOCC1)C(C)C)C(Cc1ccccc1)NC(=O)OC(C)(C)C. The number of nitrogens with zero attached hydrogens (tertiary/aromatic N) is 1. The van der Waals surface area contributed by atoms with E-state index in [-0.39, 0.29) is 38.8 Å². The average molecular weight is 966 g/mol. The van der Waals surface area contributed by atoms with Crippen LogP contribution < -0.4 is 21.3 Å². The van der Waals surface area contributed by atoms with E-state index < -0.39 is 106 Å². The summed E-state index contributed by atoms with van der Waals surface area (Å²) in [5, 5.41) is 10.8. The van der Waals surface area contributed by atoms with Gasteiger partial charge in [0.1, 0.15) is 23.8 Å². The van der Waals surface area contributed by atoms with E-state index in [9.17, 15) is 42.0 Å². The van der Waals surface area contributed by atoms with Crippen LogP contribution in [0, 0.1) is 11.8 Å². The van der Waals surface area contributed by atoms with E-state index in [0.29, 0.717) is 29.9 Å². The number of imide groups is 1. The molecule has 5 atom stereocenters. The first kappa shape index (κ1) is 54.2. The lowest BCUT2D eigenvalue weighted by Crippen LogP contribution is -2.58. The van der Waals surface area contributed by atoms with Gasteiger partial charge < -0.3 is 39.8 Å². The van der Waals surface area contributed by atoms with E-state index in [1.54, 1.807) is 126 Å². The Hall–Kier alpha value is -6.38. The molecule has 0 saturated carbocycles. The summed E-state index contributed by atoms with van der Waals surface area (Å²) in [6, 6.07) is 22.2. The summed E-state index contributed by atoms with van der Waals surface area (Å²) in [5.41, 5.74) is 1.07. The van der Waals surface area contributed by atoms with Crippen LogP contribution in [-0.4, -0.2) is 131 Å². The molecule has 1 saturated heterocycles. The molecular weight excluding hydrogens is 903 g/mol. The fourth-order valence-electron chi connectivity index (χ4n) is 7.11. The van der Waals surface area contributed by atoms with E-state index in [1.165, 1.54) is 4.90 Å². The first-order chi connectivity index (χ1) is 32.2. The van der Waals surface area contributed by atoms with Crippen molar-refractivity contribution in [1.82, 2.24) is 26.2 Å². The number of amides is 6. The molecule has 19 nitrogen and oxygen atoms in total. The maximum Gasteiger partial charge on any atom is 0.408 e. The highest BCUT2D eigenvalue weighted by Crippen LogP contribution is 2.23. The van der Waals surface area contributed by atoms with Crippen molar-refractivity contribution in [2.45, 2.75) is 90.1 Å². The van der Waals surface area contributed by atoms with Crippen molar-refractivity contribution < 1.29 is 65.1 Å². The highest BCUT2D eigenvalue weighted by molar-refractivity contribution is 7.87. The summed E-state index contributed by atoms with van der Waals surface area (Å²) < 4.78 is 51.6. The average Bonchev–Trinajstić information content (AvgIpc) is 3.29. The number of ether oxygens (including phenoxy) is 4. The lowest BCUT2D eigenvalue weighted by atomic mass is 9.88. The second kappa shape index (κ2) is 26.2. The van der Waals surface area contributed by atoms with Crippen molar-refractivity contribution in [2.24, 2.45) is 11.8 Å². The van der Waals surface area contributed by atoms with Gasteiger partial charge in [0.15, 0.2) is 12.4 Å². The maximum atomic E-state index is 14.8. The van der Waals surface area contributed by atoms with Gasteiger partial charge in [-0.3, -0.25) is 28.7 Å². The van der Waals surface area contributed by atoms with Crippen molar-refractivity contribution >= 4 is 51.9 Å². The minimum atomic E-state index is -4.71. The van der Waals surface area contributed by atoms with Crippen molar-refractivity contribution in [3.05, 3.63) is 108 Å². The Bertz CT molecular complexity index is 2250. The molecule has 0 aliphatic carbocycles. The van der Waals surface area contributed by atoms with Crippen LogP contribution in [0.3, 0.4) is 0 Å². The van der Waals surface area contributed by atoms with Crippen molar-refractivity contribution in [1.29, 1.82) is 0 Å². The number of nitrogens with one attached hydrogen (secondary N) is 4. The van der Waals surface area contributed by atoms with Crippen molar-refractivity contribution in [2.75, 3.05) is 45.8 Å². The maximum absolute atomic E-state index is 14.8. The minimum absolute atomic E-state index is 0.00808. The molecule has 1 fully saturated rings. The van der Waals surface area contributed by atoms with Crippen LogP contribution >= 0.6 is 0 Å². The predicted molar refractivity (Wildman–Crippen MR) is 248 cm³/mol. The minimum Gasteiger partial charge on any atom is -0.467 e. The van der Waals surface area contributed by atoms with Gasteiger partial charge in [-0.05, 0) is 62.6 Å². The number of hydrogen-bond acceptors (Lipinski definition) is 14.